The Labute approximate surface area is 281 Å². The summed E-state index contributed by atoms with van der Waals surface area (Å²) >= 11 is 0. The number of carbonyl (C=O) groups excluding carboxylic acids is 1. The number of benzene rings is 4. The van der Waals surface area contributed by atoms with Crippen LogP contribution < -0.4 is 4.72 Å². The predicted molar refractivity (Wildman–Crippen MR) is 181 cm³/mol. The molecule has 1 aliphatic heterocycles. The Balaban J connectivity index is 1.29. The molecule has 254 valence electrons. The Morgan fingerprint density at radius 3 is 2.10 bits per heavy atom. The second-order valence-electron chi connectivity index (χ2n) is 11.8. The van der Waals surface area contributed by atoms with Crippen molar-refractivity contribution in [2.45, 2.75) is 48.4 Å². The number of aryl methyl sites for hydroxylation is 1. The summed E-state index contributed by atoms with van der Waals surface area (Å²) in [5, 5.41) is 31.7. The second-order valence-corrected chi connectivity index (χ2v) is 15.6. The molecular weight excluding hydrogens is 655 g/mol. The highest BCUT2D eigenvalue weighted by Crippen LogP contribution is 2.43. The number of rotatable bonds is 13. The Hall–Kier alpha value is -4.43. The third-order valence-corrected chi connectivity index (χ3v) is 11.8. The van der Waals surface area contributed by atoms with Crippen LogP contribution in [0.25, 0.3) is 0 Å². The van der Waals surface area contributed by atoms with Gasteiger partial charge in [0.05, 0.1) is 10.5 Å². The van der Waals surface area contributed by atoms with Crippen LogP contribution in [0.1, 0.15) is 45.5 Å². The summed E-state index contributed by atoms with van der Waals surface area (Å²) in [6.45, 7) is 0.490. The standard InChI is InChI=1S/C35H39N3O8S2/c1-37(20-9-8-14-25-10-4-2-5-11-25)48(45,46)31-23-30(32(39)34(41)33(31)40)35(42)38-21-18-27-15-16-29(22-28(27)24-38)47(43,44)36-19-17-26-12-6-3-7-13-26/h2-7,10-13,15-16,22-23,36,39-41H,8-9,14,17-21,24H2,1H3. The van der Waals surface area contributed by atoms with Crippen molar-refractivity contribution in [2.24, 2.45) is 0 Å². The fourth-order valence-corrected chi connectivity index (χ4v) is 8.08. The second kappa shape index (κ2) is 14.8. The van der Waals surface area contributed by atoms with E-state index in [0.29, 0.717) is 31.2 Å². The van der Waals surface area contributed by atoms with Gasteiger partial charge in [0.1, 0.15) is 4.90 Å². The maximum absolute atomic E-state index is 13.7. The summed E-state index contributed by atoms with van der Waals surface area (Å²) in [6.07, 6.45) is 2.89. The number of phenols is 3. The van der Waals surface area contributed by atoms with E-state index in [9.17, 15) is 36.9 Å². The first-order valence-corrected chi connectivity index (χ1v) is 18.5. The van der Waals surface area contributed by atoms with E-state index in [1.165, 1.54) is 24.1 Å². The van der Waals surface area contributed by atoms with Crippen molar-refractivity contribution in [3.63, 3.8) is 0 Å². The minimum absolute atomic E-state index is 0.0218. The zero-order valence-electron chi connectivity index (χ0n) is 26.5. The minimum Gasteiger partial charge on any atom is -0.504 e. The van der Waals surface area contributed by atoms with E-state index in [0.717, 1.165) is 33.5 Å². The molecule has 4 N–H and O–H groups in total. The van der Waals surface area contributed by atoms with Crippen molar-refractivity contribution in [3.05, 3.63) is 113 Å². The van der Waals surface area contributed by atoms with Crippen LogP contribution in [-0.4, -0.2) is 73.9 Å². The molecule has 0 atom stereocenters. The molecule has 11 nitrogen and oxygen atoms in total. The number of amides is 1. The molecule has 5 rings (SSSR count). The van der Waals surface area contributed by atoms with Crippen LogP contribution in [-0.2, 0) is 45.9 Å². The molecular formula is C35H39N3O8S2. The quantitative estimate of drug-likeness (QED) is 0.120. The maximum atomic E-state index is 13.7. The molecule has 13 heteroatoms. The van der Waals surface area contributed by atoms with E-state index >= 15 is 0 Å². The summed E-state index contributed by atoms with van der Waals surface area (Å²) in [7, 11) is -6.88. The fourth-order valence-electron chi connectivity index (χ4n) is 5.68. The molecule has 0 saturated heterocycles. The van der Waals surface area contributed by atoms with Crippen LogP contribution >= 0.6 is 0 Å². The van der Waals surface area contributed by atoms with E-state index in [1.54, 1.807) is 6.07 Å². The lowest BCUT2D eigenvalue weighted by atomic mass is 9.99. The van der Waals surface area contributed by atoms with Crippen molar-refractivity contribution in [1.29, 1.82) is 0 Å². The van der Waals surface area contributed by atoms with E-state index < -0.39 is 53.7 Å². The molecule has 1 heterocycles. The summed E-state index contributed by atoms with van der Waals surface area (Å²) in [6, 6.07) is 24.8. The minimum atomic E-state index is -4.37. The van der Waals surface area contributed by atoms with E-state index in [2.05, 4.69) is 4.72 Å². The van der Waals surface area contributed by atoms with Gasteiger partial charge in [-0.15, -0.1) is 0 Å². The first-order chi connectivity index (χ1) is 22.9. The average Bonchev–Trinajstić information content (AvgIpc) is 3.09. The number of fused-ring (bicyclic) bond motifs is 1. The number of aromatic hydroxyl groups is 3. The van der Waals surface area contributed by atoms with Crippen molar-refractivity contribution >= 4 is 26.0 Å². The third-order valence-electron chi connectivity index (χ3n) is 8.50. The summed E-state index contributed by atoms with van der Waals surface area (Å²) in [5.74, 6) is -3.92. The Bertz CT molecular complexity index is 1990. The highest BCUT2D eigenvalue weighted by atomic mass is 32.2. The molecule has 1 aliphatic rings. The van der Waals surface area contributed by atoms with Crippen molar-refractivity contribution in [3.8, 4) is 17.2 Å². The molecule has 0 unspecified atom stereocenters. The molecule has 0 fully saturated rings. The molecule has 1 amide bonds. The average molecular weight is 694 g/mol. The van der Waals surface area contributed by atoms with Gasteiger partial charge in [-0.2, -0.15) is 0 Å². The predicted octanol–water partition coefficient (Wildman–Crippen LogP) is 4.17. The van der Waals surface area contributed by atoms with Gasteiger partial charge in [-0.1, -0.05) is 66.7 Å². The molecule has 0 bridgehead atoms. The fraction of sp³-hybridized carbons (Fsp3) is 0.286. The van der Waals surface area contributed by atoms with Gasteiger partial charge in [0, 0.05) is 33.2 Å². The van der Waals surface area contributed by atoms with Gasteiger partial charge >= 0.3 is 0 Å². The van der Waals surface area contributed by atoms with Gasteiger partial charge in [-0.25, -0.2) is 25.9 Å². The number of hydrogen-bond donors (Lipinski definition) is 4. The molecule has 48 heavy (non-hydrogen) atoms. The van der Waals surface area contributed by atoms with Gasteiger partial charge in [0.2, 0.25) is 25.8 Å². The number of sulfonamides is 2. The molecule has 0 aromatic heterocycles. The zero-order valence-corrected chi connectivity index (χ0v) is 28.2. The van der Waals surface area contributed by atoms with Crippen LogP contribution in [0, 0.1) is 0 Å². The summed E-state index contributed by atoms with van der Waals surface area (Å²) < 4.78 is 56.7. The lowest BCUT2D eigenvalue weighted by Gasteiger charge is -2.30. The van der Waals surface area contributed by atoms with E-state index in [-0.39, 0.29) is 31.1 Å². The van der Waals surface area contributed by atoms with Gasteiger partial charge in [0.15, 0.2) is 11.5 Å². The van der Waals surface area contributed by atoms with Crippen LogP contribution in [0.4, 0.5) is 0 Å². The first-order valence-electron chi connectivity index (χ1n) is 15.6. The van der Waals surface area contributed by atoms with Crippen LogP contribution in [0.2, 0.25) is 0 Å². The highest BCUT2D eigenvalue weighted by molar-refractivity contribution is 7.89. The number of nitrogens with one attached hydrogen (secondary N) is 1. The number of hydrogen-bond acceptors (Lipinski definition) is 8. The summed E-state index contributed by atoms with van der Waals surface area (Å²) in [5.41, 5.74) is 3.03. The molecule has 4 aromatic rings. The molecule has 0 radical (unpaired) electrons. The highest BCUT2D eigenvalue weighted by Gasteiger charge is 2.33. The van der Waals surface area contributed by atoms with Crippen molar-refractivity contribution < 1.29 is 36.9 Å². The van der Waals surface area contributed by atoms with Gasteiger partial charge < -0.3 is 20.2 Å². The lowest BCUT2D eigenvalue weighted by molar-refractivity contribution is 0.0730. The van der Waals surface area contributed by atoms with E-state index in [1.807, 2.05) is 60.7 Å². The van der Waals surface area contributed by atoms with Crippen molar-refractivity contribution in [1.82, 2.24) is 13.9 Å². The van der Waals surface area contributed by atoms with Crippen molar-refractivity contribution in [2.75, 3.05) is 26.7 Å². The maximum Gasteiger partial charge on any atom is 0.258 e. The third kappa shape index (κ3) is 7.81. The summed E-state index contributed by atoms with van der Waals surface area (Å²) in [4.78, 5) is 14.3. The van der Waals surface area contributed by atoms with Crippen LogP contribution in [0.15, 0.2) is 94.7 Å². The molecule has 0 aliphatic carbocycles. The van der Waals surface area contributed by atoms with Gasteiger partial charge in [-0.3, -0.25) is 4.79 Å². The number of nitrogens with zero attached hydrogens (tertiary/aromatic N) is 2. The molecule has 0 saturated carbocycles. The Kier molecular flexibility index (Phi) is 10.7. The van der Waals surface area contributed by atoms with Crippen LogP contribution in [0.3, 0.4) is 0 Å². The normalized spacial score (nSPS) is 13.4. The Morgan fingerprint density at radius 2 is 1.44 bits per heavy atom. The Morgan fingerprint density at radius 1 is 0.792 bits per heavy atom. The molecule has 0 spiro atoms. The van der Waals surface area contributed by atoms with Gasteiger partial charge in [0.25, 0.3) is 5.91 Å². The SMILES string of the molecule is CN(CCCCc1ccccc1)S(=O)(=O)c1cc(C(=O)N2CCc3ccc(S(=O)(=O)NCCc4ccccc4)cc3C2)c(O)c(O)c1O. The zero-order chi connectivity index (χ0) is 34.5. The van der Waals surface area contributed by atoms with E-state index in [4.69, 9.17) is 0 Å². The largest absolute Gasteiger partial charge is 0.504 e. The monoisotopic (exact) mass is 693 g/mol. The number of carbonyl (C=O) groups is 1. The number of unbranched alkanes of at least 4 members (excludes halogenated alkanes) is 1. The van der Waals surface area contributed by atoms with Crippen LogP contribution in [0.5, 0.6) is 17.2 Å². The smallest absolute Gasteiger partial charge is 0.258 e. The lowest BCUT2D eigenvalue weighted by Crippen LogP contribution is -2.36. The van der Waals surface area contributed by atoms with Gasteiger partial charge in [-0.05, 0) is 72.6 Å². The molecule has 4 aromatic carbocycles. The first kappa shape index (κ1) is 34.9. The number of phenolic OH excluding ortho intramolecular Hbond substituents is 3. The topological polar surface area (TPSA) is 165 Å².